The molecule has 3 N–H and O–H groups in total. The SMILES string of the molecule is CC(C)(CNC(=O)c1ccccc1N)c1ccc2c(c1)OCCO2. The average molecular weight is 326 g/mol. The lowest BCUT2D eigenvalue weighted by molar-refractivity contribution is 0.0946. The van der Waals surface area contributed by atoms with Crippen LogP contribution >= 0.6 is 0 Å². The van der Waals surface area contributed by atoms with E-state index in [1.807, 2.05) is 24.3 Å². The number of para-hydroxylation sites is 1. The summed E-state index contributed by atoms with van der Waals surface area (Å²) in [6.45, 7) is 5.77. The van der Waals surface area contributed by atoms with Gasteiger partial charge in [-0.25, -0.2) is 0 Å². The van der Waals surface area contributed by atoms with Gasteiger partial charge in [0.25, 0.3) is 5.91 Å². The van der Waals surface area contributed by atoms with Crippen LogP contribution in [0.25, 0.3) is 0 Å². The highest BCUT2D eigenvalue weighted by molar-refractivity contribution is 5.99. The summed E-state index contributed by atoms with van der Waals surface area (Å²) in [6, 6.07) is 13.0. The molecule has 5 nitrogen and oxygen atoms in total. The summed E-state index contributed by atoms with van der Waals surface area (Å²) < 4.78 is 11.2. The minimum atomic E-state index is -0.255. The van der Waals surface area contributed by atoms with Gasteiger partial charge >= 0.3 is 0 Å². The van der Waals surface area contributed by atoms with Crippen LogP contribution in [0.4, 0.5) is 5.69 Å². The molecule has 0 unspecified atom stereocenters. The predicted octanol–water partition coefficient (Wildman–Crippen LogP) is 2.75. The Hall–Kier alpha value is -2.69. The minimum Gasteiger partial charge on any atom is -0.486 e. The average Bonchev–Trinajstić information content (AvgIpc) is 2.60. The largest absolute Gasteiger partial charge is 0.486 e. The Bertz CT molecular complexity index is 756. The number of fused-ring (bicyclic) bond motifs is 1. The summed E-state index contributed by atoms with van der Waals surface area (Å²) in [7, 11) is 0. The van der Waals surface area contributed by atoms with Crippen molar-refractivity contribution in [3.05, 3.63) is 53.6 Å². The second-order valence-corrected chi connectivity index (χ2v) is 6.51. The third kappa shape index (κ3) is 3.30. The summed E-state index contributed by atoms with van der Waals surface area (Å²) in [5.41, 5.74) is 7.65. The molecule has 24 heavy (non-hydrogen) atoms. The number of hydrogen-bond donors (Lipinski definition) is 2. The number of nitrogens with two attached hydrogens (primary N) is 1. The number of nitrogen functional groups attached to an aromatic ring is 1. The first-order valence-corrected chi connectivity index (χ1v) is 8.00. The van der Waals surface area contributed by atoms with E-state index in [0.29, 0.717) is 31.0 Å². The van der Waals surface area contributed by atoms with Crippen LogP contribution in [0.2, 0.25) is 0 Å². The van der Waals surface area contributed by atoms with Gasteiger partial charge in [0.2, 0.25) is 0 Å². The number of hydrogen-bond acceptors (Lipinski definition) is 4. The Kier molecular flexibility index (Phi) is 4.34. The van der Waals surface area contributed by atoms with Crippen molar-refractivity contribution in [2.45, 2.75) is 19.3 Å². The fourth-order valence-corrected chi connectivity index (χ4v) is 2.67. The van der Waals surface area contributed by atoms with Gasteiger partial charge in [-0.3, -0.25) is 4.79 Å². The number of amides is 1. The molecule has 2 aromatic rings. The maximum atomic E-state index is 12.3. The van der Waals surface area contributed by atoms with E-state index in [0.717, 1.165) is 17.1 Å². The highest BCUT2D eigenvalue weighted by atomic mass is 16.6. The van der Waals surface area contributed by atoms with Gasteiger partial charge in [-0.15, -0.1) is 0 Å². The van der Waals surface area contributed by atoms with Crippen LogP contribution in [0.3, 0.4) is 0 Å². The third-order valence-corrected chi connectivity index (χ3v) is 4.22. The predicted molar refractivity (Wildman–Crippen MR) is 93.6 cm³/mol. The van der Waals surface area contributed by atoms with Crippen LogP contribution in [0.15, 0.2) is 42.5 Å². The maximum Gasteiger partial charge on any atom is 0.253 e. The van der Waals surface area contributed by atoms with E-state index in [4.69, 9.17) is 15.2 Å². The first kappa shape index (κ1) is 16.2. The molecular formula is C19H22N2O3. The fourth-order valence-electron chi connectivity index (χ4n) is 2.67. The molecule has 0 aliphatic carbocycles. The molecular weight excluding hydrogens is 304 g/mol. The van der Waals surface area contributed by atoms with Crippen LogP contribution in [-0.2, 0) is 5.41 Å². The van der Waals surface area contributed by atoms with E-state index < -0.39 is 0 Å². The first-order valence-electron chi connectivity index (χ1n) is 8.00. The molecule has 0 spiro atoms. The second kappa shape index (κ2) is 6.43. The molecule has 3 rings (SSSR count). The molecule has 0 saturated heterocycles. The summed E-state index contributed by atoms with van der Waals surface area (Å²) in [4.78, 5) is 12.3. The van der Waals surface area contributed by atoms with E-state index >= 15 is 0 Å². The van der Waals surface area contributed by atoms with Gasteiger partial charge in [0.1, 0.15) is 13.2 Å². The molecule has 1 heterocycles. The number of carbonyl (C=O) groups is 1. The van der Waals surface area contributed by atoms with Gasteiger partial charge in [0, 0.05) is 17.6 Å². The van der Waals surface area contributed by atoms with E-state index in [1.165, 1.54) is 0 Å². The van der Waals surface area contributed by atoms with Crippen LogP contribution < -0.4 is 20.5 Å². The standard InChI is InChI=1S/C19H22N2O3/c1-19(2,12-21-18(22)14-5-3-4-6-15(14)20)13-7-8-16-17(11-13)24-10-9-23-16/h3-8,11H,9-10,12,20H2,1-2H3,(H,21,22). The van der Waals surface area contributed by atoms with Crippen molar-refractivity contribution in [3.8, 4) is 11.5 Å². The summed E-state index contributed by atoms with van der Waals surface area (Å²) in [5.74, 6) is 1.35. The molecule has 126 valence electrons. The van der Waals surface area contributed by atoms with Crippen LogP contribution in [0.1, 0.15) is 29.8 Å². The Morgan fingerprint density at radius 1 is 1.12 bits per heavy atom. The molecule has 0 bridgehead atoms. The molecule has 0 aromatic heterocycles. The van der Waals surface area contributed by atoms with Gasteiger partial charge in [-0.05, 0) is 29.8 Å². The zero-order valence-corrected chi connectivity index (χ0v) is 14.0. The van der Waals surface area contributed by atoms with Crippen molar-refractivity contribution in [1.29, 1.82) is 0 Å². The van der Waals surface area contributed by atoms with Crippen LogP contribution in [0.5, 0.6) is 11.5 Å². The van der Waals surface area contributed by atoms with Crippen molar-refractivity contribution >= 4 is 11.6 Å². The Labute approximate surface area is 141 Å². The van der Waals surface area contributed by atoms with Crippen LogP contribution in [0, 0.1) is 0 Å². The van der Waals surface area contributed by atoms with E-state index in [9.17, 15) is 4.79 Å². The van der Waals surface area contributed by atoms with E-state index in [1.54, 1.807) is 18.2 Å². The highest BCUT2D eigenvalue weighted by Gasteiger charge is 2.24. The zero-order chi connectivity index (χ0) is 17.2. The topological polar surface area (TPSA) is 73.6 Å². The van der Waals surface area contributed by atoms with Crippen molar-refractivity contribution in [2.24, 2.45) is 0 Å². The van der Waals surface area contributed by atoms with Crippen LogP contribution in [-0.4, -0.2) is 25.7 Å². The van der Waals surface area contributed by atoms with Crippen molar-refractivity contribution < 1.29 is 14.3 Å². The zero-order valence-electron chi connectivity index (χ0n) is 14.0. The number of anilines is 1. The Morgan fingerprint density at radius 2 is 1.83 bits per heavy atom. The van der Waals surface area contributed by atoms with Gasteiger partial charge in [0.05, 0.1) is 5.56 Å². The minimum absolute atomic E-state index is 0.168. The maximum absolute atomic E-state index is 12.3. The number of ether oxygens (including phenoxy) is 2. The smallest absolute Gasteiger partial charge is 0.253 e. The van der Waals surface area contributed by atoms with E-state index in [-0.39, 0.29) is 11.3 Å². The monoisotopic (exact) mass is 326 g/mol. The fraction of sp³-hybridized carbons (Fsp3) is 0.316. The Morgan fingerprint density at radius 3 is 2.58 bits per heavy atom. The second-order valence-electron chi connectivity index (χ2n) is 6.51. The third-order valence-electron chi connectivity index (χ3n) is 4.22. The quantitative estimate of drug-likeness (QED) is 0.847. The lowest BCUT2D eigenvalue weighted by Crippen LogP contribution is -2.37. The molecule has 0 fully saturated rings. The normalized spacial score (nSPS) is 13.4. The Balaban J connectivity index is 1.72. The van der Waals surface area contributed by atoms with Crippen molar-refractivity contribution in [3.63, 3.8) is 0 Å². The molecule has 0 radical (unpaired) electrons. The molecule has 2 aromatic carbocycles. The molecule has 5 heteroatoms. The number of nitrogens with one attached hydrogen (secondary N) is 1. The molecule has 1 amide bonds. The molecule has 1 aliphatic heterocycles. The first-order chi connectivity index (χ1) is 11.5. The summed E-state index contributed by atoms with van der Waals surface area (Å²) in [6.07, 6.45) is 0. The molecule has 1 aliphatic rings. The molecule has 0 atom stereocenters. The van der Waals surface area contributed by atoms with Crippen molar-refractivity contribution in [1.82, 2.24) is 5.32 Å². The lowest BCUT2D eigenvalue weighted by Gasteiger charge is -2.28. The van der Waals surface area contributed by atoms with Gasteiger partial charge in [-0.1, -0.05) is 32.0 Å². The number of benzene rings is 2. The number of rotatable bonds is 4. The van der Waals surface area contributed by atoms with E-state index in [2.05, 4.69) is 19.2 Å². The number of carbonyl (C=O) groups excluding carboxylic acids is 1. The van der Waals surface area contributed by atoms with Crippen molar-refractivity contribution in [2.75, 3.05) is 25.5 Å². The van der Waals surface area contributed by atoms with Gasteiger partial charge in [0.15, 0.2) is 11.5 Å². The van der Waals surface area contributed by atoms with Gasteiger partial charge in [-0.2, -0.15) is 0 Å². The molecule has 0 saturated carbocycles. The highest BCUT2D eigenvalue weighted by Crippen LogP contribution is 2.34. The lowest BCUT2D eigenvalue weighted by atomic mass is 9.84. The summed E-state index contributed by atoms with van der Waals surface area (Å²) in [5, 5.41) is 2.97. The summed E-state index contributed by atoms with van der Waals surface area (Å²) >= 11 is 0. The van der Waals surface area contributed by atoms with Gasteiger partial charge < -0.3 is 20.5 Å².